The van der Waals surface area contributed by atoms with Gasteiger partial charge < -0.3 is 15.4 Å². The number of hydrogen-bond acceptors (Lipinski definition) is 3. The molecule has 2 N–H and O–H groups in total. The third-order valence-corrected chi connectivity index (χ3v) is 2.90. The first kappa shape index (κ1) is 14.1. The van der Waals surface area contributed by atoms with Crippen molar-refractivity contribution in [2.45, 2.75) is 6.42 Å². The molecule has 7 heteroatoms. The lowest BCUT2D eigenvalue weighted by Gasteiger charge is -2.04. The molecule has 0 saturated heterocycles. The Hall–Kier alpha value is -2.34. The lowest BCUT2D eigenvalue weighted by atomic mass is 10.1. The zero-order valence-corrected chi connectivity index (χ0v) is 11.2. The van der Waals surface area contributed by atoms with E-state index in [2.05, 4.69) is 10.3 Å². The number of nitrogens with zero attached hydrogens (tertiary/aromatic N) is 1. The van der Waals surface area contributed by atoms with Crippen molar-refractivity contribution in [1.29, 1.82) is 0 Å². The van der Waals surface area contributed by atoms with E-state index in [0.717, 1.165) is 12.0 Å². The summed E-state index contributed by atoms with van der Waals surface area (Å²) in [4.78, 5) is 24.3. The van der Waals surface area contributed by atoms with E-state index in [4.69, 9.17) is 11.6 Å². The summed E-state index contributed by atoms with van der Waals surface area (Å²) >= 11 is 5.64. The number of nitrogens with one attached hydrogen (secondary N) is 2. The number of aromatic nitrogens is 1. The molecule has 0 radical (unpaired) electrons. The van der Waals surface area contributed by atoms with Crippen LogP contribution < -0.4 is 5.32 Å². The third-order valence-electron chi connectivity index (χ3n) is 2.71. The van der Waals surface area contributed by atoms with Crippen LogP contribution in [0.4, 0.5) is 11.5 Å². The van der Waals surface area contributed by atoms with Crippen LogP contribution in [-0.4, -0.2) is 21.7 Å². The first-order valence-corrected chi connectivity index (χ1v) is 6.43. The Morgan fingerprint density at radius 2 is 1.95 bits per heavy atom. The molecule has 2 aromatic rings. The van der Waals surface area contributed by atoms with Gasteiger partial charge in [-0.2, -0.15) is 0 Å². The predicted molar refractivity (Wildman–Crippen MR) is 76.3 cm³/mol. The molecule has 1 aromatic carbocycles. The molecule has 0 unspecified atom stereocenters. The maximum atomic E-state index is 11.9. The number of carbonyl (C=O) groups excluding carboxylic acids is 1. The molecule has 0 aliphatic rings. The van der Waals surface area contributed by atoms with Gasteiger partial charge in [-0.3, -0.25) is 4.79 Å². The maximum Gasteiger partial charge on any atom is 0.321 e. The van der Waals surface area contributed by atoms with Crippen molar-refractivity contribution >= 4 is 29.0 Å². The normalized spacial score (nSPS) is 10.2. The molecule has 0 fully saturated rings. The first-order valence-electron chi connectivity index (χ1n) is 5.90. The smallest absolute Gasteiger partial charge is 0.321 e. The SMILES string of the molecule is O=C(Nc1ccc(CCCl)cc1)c1ccc([N+](=O)[O-])[nH]1. The van der Waals surface area contributed by atoms with Crippen LogP contribution in [0.1, 0.15) is 16.1 Å². The van der Waals surface area contributed by atoms with Crippen molar-refractivity contribution in [3.8, 4) is 0 Å². The molecule has 1 aromatic heterocycles. The number of carbonyl (C=O) groups is 1. The van der Waals surface area contributed by atoms with E-state index in [1.807, 2.05) is 12.1 Å². The summed E-state index contributed by atoms with van der Waals surface area (Å²) in [6, 6.07) is 9.88. The second kappa shape index (κ2) is 6.21. The second-order valence-corrected chi connectivity index (χ2v) is 4.48. The van der Waals surface area contributed by atoms with Gasteiger partial charge in [-0.15, -0.1) is 11.6 Å². The number of amides is 1. The van der Waals surface area contributed by atoms with Crippen molar-refractivity contribution in [3.05, 3.63) is 57.8 Å². The number of benzene rings is 1. The molecule has 0 spiro atoms. The molecule has 0 atom stereocenters. The number of hydrogen-bond donors (Lipinski definition) is 2. The average molecular weight is 294 g/mol. The Morgan fingerprint density at radius 3 is 2.50 bits per heavy atom. The minimum absolute atomic E-state index is 0.140. The highest BCUT2D eigenvalue weighted by Gasteiger charge is 2.15. The highest BCUT2D eigenvalue weighted by Crippen LogP contribution is 2.14. The zero-order valence-electron chi connectivity index (χ0n) is 10.4. The number of aryl methyl sites for hydroxylation is 1. The Labute approximate surface area is 119 Å². The van der Waals surface area contributed by atoms with E-state index in [1.165, 1.54) is 12.1 Å². The van der Waals surface area contributed by atoms with Gasteiger partial charge in [0, 0.05) is 17.6 Å². The number of alkyl halides is 1. The van der Waals surface area contributed by atoms with Crippen LogP contribution in [0.5, 0.6) is 0 Å². The van der Waals surface area contributed by atoms with E-state index >= 15 is 0 Å². The molecule has 2 rings (SSSR count). The topological polar surface area (TPSA) is 88.0 Å². The van der Waals surface area contributed by atoms with Gasteiger partial charge >= 0.3 is 5.82 Å². The van der Waals surface area contributed by atoms with E-state index in [1.54, 1.807) is 12.1 Å². The number of anilines is 1. The highest BCUT2D eigenvalue weighted by atomic mass is 35.5. The minimum atomic E-state index is -0.586. The molecule has 1 heterocycles. The lowest BCUT2D eigenvalue weighted by molar-refractivity contribution is -0.389. The first-order chi connectivity index (χ1) is 9.60. The molecule has 104 valence electrons. The van der Waals surface area contributed by atoms with Crippen LogP contribution in [0.2, 0.25) is 0 Å². The summed E-state index contributed by atoms with van der Waals surface area (Å²) in [6.45, 7) is 0. The Bertz CT molecular complexity index is 622. The van der Waals surface area contributed by atoms with Crippen molar-refractivity contribution in [1.82, 2.24) is 4.98 Å². The van der Waals surface area contributed by atoms with Crippen LogP contribution >= 0.6 is 11.6 Å². The molecule has 0 bridgehead atoms. The van der Waals surface area contributed by atoms with Gasteiger partial charge in [0.05, 0.1) is 0 Å². The average Bonchev–Trinajstić information content (AvgIpc) is 2.91. The molecular weight excluding hydrogens is 282 g/mol. The van der Waals surface area contributed by atoms with Crippen LogP contribution in [-0.2, 0) is 6.42 Å². The monoisotopic (exact) mass is 293 g/mol. The van der Waals surface area contributed by atoms with Crippen LogP contribution in [0.3, 0.4) is 0 Å². The second-order valence-electron chi connectivity index (χ2n) is 4.10. The van der Waals surface area contributed by atoms with Crippen LogP contribution in [0.15, 0.2) is 36.4 Å². The molecule has 6 nitrogen and oxygen atoms in total. The van der Waals surface area contributed by atoms with Gasteiger partial charge in [0.1, 0.15) is 0 Å². The Morgan fingerprint density at radius 1 is 1.25 bits per heavy atom. The molecule has 1 amide bonds. The number of rotatable bonds is 5. The van der Waals surface area contributed by atoms with E-state index in [0.29, 0.717) is 11.6 Å². The molecule has 0 aliphatic carbocycles. The van der Waals surface area contributed by atoms with Crippen molar-refractivity contribution < 1.29 is 9.72 Å². The number of H-pyrrole nitrogens is 1. The number of halogens is 1. The lowest BCUT2D eigenvalue weighted by Crippen LogP contribution is -2.12. The molecule has 0 aliphatic heterocycles. The Kier molecular flexibility index (Phi) is 4.37. The molecule has 20 heavy (non-hydrogen) atoms. The van der Waals surface area contributed by atoms with Crippen LogP contribution in [0, 0.1) is 10.1 Å². The third kappa shape index (κ3) is 3.36. The predicted octanol–water partition coefficient (Wildman–Crippen LogP) is 2.96. The largest absolute Gasteiger partial charge is 0.358 e. The zero-order chi connectivity index (χ0) is 14.5. The standard InChI is InChI=1S/C13H12ClN3O3/c14-8-7-9-1-3-10(4-2-9)15-13(18)11-5-6-12(16-11)17(19)20/h1-6,16H,7-8H2,(H,15,18). The van der Waals surface area contributed by atoms with Crippen LogP contribution in [0.25, 0.3) is 0 Å². The van der Waals surface area contributed by atoms with Crippen molar-refractivity contribution in [3.63, 3.8) is 0 Å². The van der Waals surface area contributed by atoms with Crippen molar-refractivity contribution in [2.75, 3.05) is 11.2 Å². The van der Waals surface area contributed by atoms with Gasteiger partial charge in [-0.25, -0.2) is 4.98 Å². The highest BCUT2D eigenvalue weighted by molar-refractivity contribution is 6.18. The van der Waals surface area contributed by atoms with Gasteiger partial charge in [0.15, 0.2) is 5.69 Å². The summed E-state index contributed by atoms with van der Waals surface area (Å²) in [6.07, 6.45) is 0.763. The maximum absolute atomic E-state index is 11.9. The molecular formula is C13H12ClN3O3. The summed E-state index contributed by atoms with van der Waals surface area (Å²) in [5.74, 6) is -0.103. The summed E-state index contributed by atoms with van der Waals surface area (Å²) in [5, 5.41) is 13.2. The minimum Gasteiger partial charge on any atom is -0.358 e. The Balaban J connectivity index is 2.04. The summed E-state index contributed by atoms with van der Waals surface area (Å²) in [5.41, 5.74) is 1.83. The van der Waals surface area contributed by atoms with Gasteiger partial charge in [0.2, 0.25) is 0 Å². The quantitative estimate of drug-likeness (QED) is 0.504. The number of aromatic amines is 1. The fourth-order valence-electron chi connectivity index (χ4n) is 1.68. The van der Waals surface area contributed by atoms with E-state index < -0.39 is 10.8 Å². The fraction of sp³-hybridized carbons (Fsp3) is 0.154. The fourth-order valence-corrected chi connectivity index (χ4v) is 1.90. The molecule has 0 saturated carbocycles. The van der Waals surface area contributed by atoms with Gasteiger partial charge in [0.25, 0.3) is 5.91 Å². The summed E-state index contributed by atoms with van der Waals surface area (Å²) < 4.78 is 0. The van der Waals surface area contributed by atoms with E-state index in [9.17, 15) is 14.9 Å². The number of nitro groups is 1. The van der Waals surface area contributed by atoms with Crippen molar-refractivity contribution in [2.24, 2.45) is 0 Å². The van der Waals surface area contributed by atoms with Gasteiger partial charge in [-0.05, 0) is 35.1 Å². The summed E-state index contributed by atoms with van der Waals surface area (Å²) in [7, 11) is 0. The van der Waals surface area contributed by atoms with E-state index in [-0.39, 0.29) is 11.5 Å². The van der Waals surface area contributed by atoms with Gasteiger partial charge in [-0.1, -0.05) is 12.1 Å².